The largest absolute Gasteiger partial charge is 0.365 e. The minimum absolute atomic E-state index is 0.0486. The molecule has 0 aliphatic carbocycles. The van der Waals surface area contributed by atoms with Gasteiger partial charge in [-0.1, -0.05) is 13.3 Å². The minimum Gasteiger partial charge on any atom is -0.365 e. The van der Waals surface area contributed by atoms with Crippen molar-refractivity contribution in [3.8, 4) is 0 Å². The lowest BCUT2D eigenvalue weighted by Gasteiger charge is -2.18. The van der Waals surface area contributed by atoms with Gasteiger partial charge in [0.1, 0.15) is 6.10 Å². The number of carbonyl (C=O) groups excluding carboxylic acids is 1. The molecule has 4 heteroatoms. The predicted molar refractivity (Wildman–Crippen MR) is 68.6 cm³/mol. The summed E-state index contributed by atoms with van der Waals surface area (Å²) in [6.07, 6.45) is 5.07. The molecule has 1 rings (SSSR count). The summed E-state index contributed by atoms with van der Waals surface area (Å²) in [5.74, 6) is 0.556. The van der Waals surface area contributed by atoms with Crippen LogP contribution in [0.25, 0.3) is 0 Å². The van der Waals surface area contributed by atoms with Crippen LogP contribution in [-0.4, -0.2) is 31.2 Å². The molecule has 3 unspecified atom stereocenters. The fourth-order valence-electron chi connectivity index (χ4n) is 2.35. The number of amides is 1. The van der Waals surface area contributed by atoms with E-state index in [-0.39, 0.29) is 18.1 Å². The fourth-order valence-corrected chi connectivity index (χ4v) is 2.35. The molecule has 3 N–H and O–H groups in total. The highest BCUT2D eigenvalue weighted by Gasteiger charge is 2.28. The van der Waals surface area contributed by atoms with Gasteiger partial charge in [-0.05, 0) is 45.1 Å². The molecule has 17 heavy (non-hydrogen) atoms. The van der Waals surface area contributed by atoms with E-state index in [1.54, 1.807) is 0 Å². The number of carbonyl (C=O) groups is 1. The van der Waals surface area contributed by atoms with E-state index < -0.39 is 0 Å². The molecule has 0 saturated carbocycles. The van der Waals surface area contributed by atoms with Crippen LogP contribution in [0.15, 0.2) is 0 Å². The van der Waals surface area contributed by atoms with Crippen LogP contribution in [0.4, 0.5) is 0 Å². The Hall–Kier alpha value is -0.610. The number of hydrogen-bond acceptors (Lipinski definition) is 3. The van der Waals surface area contributed by atoms with Crippen molar-refractivity contribution in [1.82, 2.24) is 5.32 Å². The van der Waals surface area contributed by atoms with Crippen molar-refractivity contribution in [1.29, 1.82) is 0 Å². The molecule has 0 aromatic heterocycles. The van der Waals surface area contributed by atoms with Crippen molar-refractivity contribution in [2.45, 2.75) is 58.2 Å². The van der Waals surface area contributed by atoms with Crippen LogP contribution in [0.1, 0.15) is 46.0 Å². The summed E-state index contributed by atoms with van der Waals surface area (Å²) >= 11 is 0. The van der Waals surface area contributed by atoms with Crippen LogP contribution in [-0.2, 0) is 9.53 Å². The van der Waals surface area contributed by atoms with Gasteiger partial charge in [0.25, 0.3) is 0 Å². The summed E-state index contributed by atoms with van der Waals surface area (Å²) in [7, 11) is 0. The highest BCUT2D eigenvalue weighted by molar-refractivity contribution is 5.80. The lowest BCUT2D eigenvalue weighted by molar-refractivity contribution is -0.131. The zero-order valence-corrected chi connectivity index (χ0v) is 11.1. The number of nitrogens with one attached hydrogen (secondary N) is 1. The first-order chi connectivity index (χ1) is 8.17. The summed E-state index contributed by atoms with van der Waals surface area (Å²) in [5.41, 5.74) is 5.57. The van der Waals surface area contributed by atoms with Crippen molar-refractivity contribution in [2.24, 2.45) is 11.7 Å². The van der Waals surface area contributed by atoms with Gasteiger partial charge in [0.15, 0.2) is 0 Å². The topological polar surface area (TPSA) is 64.3 Å². The van der Waals surface area contributed by atoms with Crippen molar-refractivity contribution < 1.29 is 9.53 Å². The predicted octanol–water partition coefficient (Wildman–Crippen LogP) is 1.44. The first kappa shape index (κ1) is 14.5. The van der Waals surface area contributed by atoms with Crippen LogP contribution >= 0.6 is 0 Å². The first-order valence-electron chi connectivity index (χ1n) is 6.80. The first-order valence-corrected chi connectivity index (χ1v) is 6.80. The highest BCUT2D eigenvalue weighted by atomic mass is 16.5. The van der Waals surface area contributed by atoms with Crippen LogP contribution in [0.2, 0.25) is 0 Å². The van der Waals surface area contributed by atoms with E-state index in [1.807, 2.05) is 6.92 Å². The molecule has 1 aliphatic heterocycles. The third kappa shape index (κ3) is 5.04. The summed E-state index contributed by atoms with van der Waals surface area (Å²) in [4.78, 5) is 11.8. The molecule has 0 spiro atoms. The second-order valence-corrected chi connectivity index (χ2v) is 4.99. The van der Waals surface area contributed by atoms with Crippen molar-refractivity contribution in [2.75, 3.05) is 13.1 Å². The van der Waals surface area contributed by atoms with Crippen LogP contribution in [0.3, 0.4) is 0 Å². The van der Waals surface area contributed by atoms with Crippen LogP contribution in [0.5, 0.6) is 0 Å². The Bertz CT molecular complexity index is 227. The van der Waals surface area contributed by atoms with Crippen molar-refractivity contribution >= 4 is 5.91 Å². The maximum Gasteiger partial charge on any atom is 0.249 e. The Kier molecular flexibility index (Phi) is 6.52. The summed E-state index contributed by atoms with van der Waals surface area (Å²) in [6.45, 7) is 5.60. The molecule has 100 valence electrons. The van der Waals surface area contributed by atoms with E-state index in [0.717, 1.165) is 38.6 Å². The minimum atomic E-state index is -0.231. The average molecular weight is 242 g/mol. The quantitative estimate of drug-likeness (QED) is 0.710. The average Bonchev–Trinajstić information content (AvgIpc) is 2.73. The number of hydrogen-bond donors (Lipinski definition) is 2. The van der Waals surface area contributed by atoms with Crippen LogP contribution in [0, 0.1) is 5.92 Å². The van der Waals surface area contributed by atoms with Gasteiger partial charge in [0, 0.05) is 6.54 Å². The van der Waals surface area contributed by atoms with Gasteiger partial charge in [-0.2, -0.15) is 0 Å². The van der Waals surface area contributed by atoms with Gasteiger partial charge in [0.2, 0.25) is 5.91 Å². The zero-order chi connectivity index (χ0) is 12.7. The van der Waals surface area contributed by atoms with Crippen LogP contribution < -0.4 is 11.1 Å². The lowest BCUT2D eigenvalue weighted by Crippen LogP contribution is -2.37. The normalized spacial score (nSPS) is 25.8. The molecular weight excluding hydrogens is 216 g/mol. The van der Waals surface area contributed by atoms with Gasteiger partial charge in [0.05, 0.1) is 6.10 Å². The second-order valence-electron chi connectivity index (χ2n) is 4.99. The zero-order valence-electron chi connectivity index (χ0n) is 11.1. The van der Waals surface area contributed by atoms with Gasteiger partial charge in [-0.3, -0.25) is 4.79 Å². The van der Waals surface area contributed by atoms with Crippen molar-refractivity contribution in [3.63, 3.8) is 0 Å². The van der Waals surface area contributed by atoms with Gasteiger partial charge in [-0.15, -0.1) is 0 Å². The third-order valence-corrected chi connectivity index (χ3v) is 3.36. The summed E-state index contributed by atoms with van der Waals surface area (Å²) < 4.78 is 5.54. The maximum atomic E-state index is 11.8. The Morgan fingerprint density at radius 1 is 1.47 bits per heavy atom. The molecule has 1 saturated heterocycles. The van der Waals surface area contributed by atoms with Gasteiger partial charge < -0.3 is 15.8 Å². The van der Waals surface area contributed by atoms with E-state index in [9.17, 15) is 4.79 Å². The van der Waals surface area contributed by atoms with E-state index in [1.165, 1.54) is 0 Å². The van der Waals surface area contributed by atoms with E-state index in [4.69, 9.17) is 10.5 Å². The SMILES string of the molecule is CCCC(CCN)CNC(=O)C1CCC(C)O1. The molecule has 4 nitrogen and oxygen atoms in total. The molecule has 1 aliphatic rings. The summed E-state index contributed by atoms with van der Waals surface area (Å²) in [6, 6.07) is 0. The Labute approximate surface area is 104 Å². The molecule has 0 aromatic carbocycles. The number of rotatable bonds is 7. The van der Waals surface area contributed by atoms with Gasteiger partial charge in [-0.25, -0.2) is 0 Å². The fraction of sp³-hybridized carbons (Fsp3) is 0.923. The highest BCUT2D eigenvalue weighted by Crippen LogP contribution is 2.19. The van der Waals surface area contributed by atoms with E-state index in [0.29, 0.717) is 12.5 Å². The second kappa shape index (κ2) is 7.67. The maximum absolute atomic E-state index is 11.8. The molecule has 1 fully saturated rings. The number of ether oxygens (including phenoxy) is 1. The monoisotopic (exact) mass is 242 g/mol. The molecule has 1 amide bonds. The van der Waals surface area contributed by atoms with Gasteiger partial charge >= 0.3 is 0 Å². The Morgan fingerprint density at radius 2 is 2.24 bits per heavy atom. The van der Waals surface area contributed by atoms with E-state index >= 15 is 0 Å². The smallest absolute Gasteiger partial charge is 0.249 e. The standard InChI is InChI=1S/C13H26N2O2/c1-3-4-11(7-8-14)9-15-13(16)12-6-5-10(2)17-12/h10-12H,3-9,14H2,1-2H3,(H,15,16). The molecule has 0 radical (unpaired) electrons. The van der Waals surface area contributed by atoms with E-state index in [2.05, 4.69) is 12.2 Å². The molecule has 0 aromatic rings. The lowest BCUT2D eigenvalue weighted by atomic mass is 10.00. The molecule has 0 bridgehead atoms. The molecular formula is C13H26N2O2. The molecule has 3 atom stereocenters. The molecule has 1 heterocycles. The van der Waals surface area contributed by atoms with Crippen molar-refractivity contribution in [3.05, 3.63) is 0 Å². The Morgan fingerprint density at radius 3 is 2.76 bits per heavy atom. The number of nitrogens with two attached hydrogens (primary N) is 1. The Balaban J connectivity index is 2.25. The summed E-state index contributed by atoms with van der Waals surface area (Å²) in [5, 5.41) is 3.00. The third-order valence-electron chi connectivity index (χ3n) is 3.36.